The van der Waals surface area contributed by atoms with Crippen LogP contribution in [0.5, 0.6) is 5.75 Å². The molecule has 0 bridgehead atoms. The highest BCUT2D eigenvalue weighted by Gasteiger charge is 1.99. The molecule has 19 heavy (non-hydrogen) atoms. The van der Waals surface area contributed by atoms with E-state index in [9.17, 15) is 5.11 Å². The average Bonchev–Trinajstić information content (AvgIpc) is 2.44. The van der Waals surface area contributed by atoms with Gasteiger partial charge >= 0.3 is 0 Å². The van der Waals surface area contributed by atoms with Crippen molar-refractivity contribution in [3.63, 3.8) is 0 Å². The summed E-state index contributed by atoms with van der Waals surface area (Å²) in [6.07, 6.45) is 10.3. The summed E-state index contributed by atoms with van der Waals surface area (Å²) in [6.45, 7) is 4.24. The molecule has 0 heterocycles. The molecule has 0 atom stereocenters. The summed E-state index contributed by atoms with van der Waals surface area (Å²) in [5.74, 6) is 0.176. The number of unbranched alkanes of at least 4 members (excludes halogenated alkanes) is 6. The number of aromatic hydroxyl groups is 1. The van der Waals surface area contributed by atoms with Crippen molar-refractivity contribution in [2.45, 2.75) is 58.3 Å². The number of aryl methyl sites for hydroxylation is 1. The van der Waals surface area contributed by atoms with Gasteiger partial charge in [-0.05, 0) is 30.5 Å². The van der Waals surface area contributed by atoms with Gasteiger partial charge in [0.2, 0.25) is 0 Å². The second-order valence-electron chi connectivity index (χ2n) is 4.66. The smallest absolute Gasteiger partial charge is 0.134 e. The van der Waals surface area contributed by atoms with Crippen molar-refractivity contribution < 1.29 is 9.90 Å². The molecule has 0 aliphatic carbocycles. The van der Waals surface area contributed by atoms with E-state index in [4.69, 9.17) is 16.4 Å². The molecule has 0 spiro atoms. The minimum absolute atomic E-state index is 0.176. The number of rotatable bonds is 8. The normalized spacial score (nSPS) is 9.79. The third-order valence-corrected chi connectivity index (χ3v) is 3.38. The lowest BCUT2D eigenvalue weighted by Gasteiger charge is -2.04. The predicted octanol–water partition coefficient (Wildman–Crippen LogP) is 5.15. The molecule has 3 heteroatoms. The molecular weight excluding hydrogens is 260 g/mol. The van der Waals surface area contributed by atoms with Crippen LogP contribution in [0.15, 0.2) is 18.2 Å². The number of carbonyl (C=O) groups is 1. The van der Waals surface area contributed by atoms with E-state index in [0.717, 1.165) is 6.42 Å². The van der Waals surface area contributed by atoms with Gasteiger partial charge in [-0.15, -0.1) is 0 Å². The molecule has 0 aliphatic rings. The highest BCUT2D eigenvalue weighted by molar-refractivity contribution is 6.32. The zero-order valence-electron chi connectivity index (χ0n) is 11.8. The molecule has 0 amide bonds. The Morgan fingerprint density at radius 1 is 1.05 bits per heavy atom. The first-order chi connectivity index (χ1) is 9.24. The number of phenolic OH excluding ortho intramolecular Hbond substituents is 1. The van der Waals surface area contributed by atoms with Crippen LogP contribution in [0, 0.1) is 0 Å². The summed E-state index contributed by atoms with van der Waals surface area (Å²) in [5, 5.41) is 9.77. The third-order valence-electron chi connectivity index (χ3n) is 3.08. The van der Waals surface area contributed by atoms with E-state index in [1.54, 1.807) is 6.07 Å². The van der Waals surface area contributed by atoms with E-state index in [-0.39, 0.29) is 5.75 Å². The van der Waals surface area contributed by atoms with Crippen molar-refractivity contribution in [3.05, 3.63) is 28.8 Å². The predicted molar refractivity (Wildman–Crippen MR) is 81.9 cm³/mol. The summed E-state index contributed by atoms with van der Waals surface area (Å²) in [7, 11) is 0. The summed E-state index contributed by atoms with van der Waals surface area (Å²) >= 11 is 5.86. The largest absolute Gasteiger partial charge is 0.506 e. The lowest BCUT2D eigenvalue weighted by molar-refractivity contribution is -0.0979. The van der Waals surface area contributed by atoms with Crippen LogP contribution in [0.1, 0.15) is 57.4 Å². The van der Waals surface area contributed by atoms with Gasteiger partial charge in [0.15, 0.2) is 0 Å². The molecule has 0 saturated heterocycles. The number of phenols is 1. The Balaban J connectivity index is 0.00000154. The second-order valence-corrected chi connectivity index (χ2v) is 5.06. The van der Waals surface area contributed by atoms with Crippen molar-refractivity contribution in [2.24, 2.45) is 0 Å². The van der Waals surface area contributed by atoms with Gasteiger partial charge in [-0.3, -0.25) is 0 Å². The summed E-state index contributed by atoms with van der Waals surface area (Å²) < 4.78 is 0. The molecule has 0 unspecified atom stereocenters. The first-order valence-electron chi connectivity index (χ1n) is 7.00. The van der Waals surface area contributed by atoms with Crippen LogP contribution in [0.4, 0.5) is 0 Å². The second kappa shape index (κ2) is 12.0. The number of hydrogen-bond acceptors (Lipinski definition) is 2. The maximum absolute atomic E-state index is 9.30. The monoisotopic (exact) mass is 284 g/mol. The van der Waals surface area contributed by atoms with Gasteiger partial charge in [0.1, 0.15) is 12.5 Å². The average molecular weight is 285 g/mol. The molecule has 0 aliphatic heterocycles. The Hall–Kier alpha value is -1.02. The highest BCUT2D eigenvalue weighted by atomic mass is 35.5. The van der Waals surface area contributed by atoms with Crippen molar-refractivity contribution in [3.8, 4) is 5.75 Å². The SMILES string of the molecule is C=O.CCCCCCCCCc1ccc(O)c(Cl)c1. The van der Waals surface area contributed by atoms with Crippen molar-refractivity contribution in [1.29, 1.82) is 0 Å². The maximum atomic E-state index is 9.30. The third kappa shape index (κ3) is 8.66. The topological polar surface area (TPSA) is 37.3 Å². The van der Waals surface area contributed by atoms with Crippen LogP contribution in [0.2, 0.25) is 5.02 Å². The Morgan fingerprint density at radius 3 is 2.21 bits per heavy atom. The lowest BCUT2D eigenvalue weighted by Crippen LogP contribution is -1.86. The highest BCUT2D eigenvalue weighted by Crippen LogP contribution is 2.24. The molecule has 108 valence electrons. The lowest BCUT2D eigenvalue weighted by atomic mass is 10.0. The van der Waals surface area contributed by atoms with E-state index >= 15 is 0 Å². The fourth-order valence-corrected chi connectivity index (χ4v) is 2.20. The number of halogens is 1. The molecule has 1 aromatic rings. The maximum Gasteiger partial charge on any atom is 0.134 e. The first-order valence-corrected chi connectivity index (χ1v) is 7.38. The van der Waals surface area contributed by atoms with Crippen LogP contribution < -0.4 is 0 Å². The molecule has 0 radical (unpaired) electrons. The quantitative estimate of drug-likeness (QED) is 0.670. The molecule has 0 aromatic heterocycles. The van der Waals surface area contributed by atoms with E-state index < -0.39 is 0 Å². The van der Waals surface area contributed by atoms with Gasteiger partial charge < -0.3 is 9.90 Å². The standard InChI is InChI=1S/C15H23ClO.CH2O/c1-2-3-4-5-6-7-8-9-13-10-11-15(17)14(16)12-13;1-2/h10-12,17H,2-9H2,1H3;1H2. The molecule has 1 aromatic carbocycles. The van der Waals surface area contributed by atoms with Gasteiger partial charge in [0.25, 0.3) is 0 Å². The van der Waals surface area contributed by atoms with Gasteiger partial charge in [0.05, 0.1) is 5.02 Å². The Bertz CT molecular complexity index is 340. The fraction of sp³-hybridized carbons (Fsp3) is 0.562. The molecular formula is C16H25ClO2. The summed E-state index contributed by atoms with van der Waals surface area (Å²) in [5.41, 5.74) is 1.22. The first kappa shape index (κ1) is 18.0. The van der Waals surface area contributed by atoms with E-state index in [0.29, 0.717) is 5.02 Å². The van der Waals surface area contributed by atoms with Crippen molar-refractivity contribution in [2.75, 3.05) is 0 Å². The van der Waals surface area contributed by atoms with Gasteiger partial charge in [-0.25, -0.2) is 0 Å². The Labute approximate surface area is 121 Å². The summed E-state index contributed by atoms with van der Waals surface area (Å²) in [4.78, 5) is 8.00. The van der Waals surface area contributed by atoms with E-state index in [1.807, 2.05) is 18.9 Å². The van der Waals surface area contributed by atoms with Crippen molar-refractivity contribution >= 4 is 18.4 Å². The Morgan fingerprint density at radius 2 is 1.63 bits per heavy atom. The van der Waals surface area contributed by atoms with Gasteiger partial charge in [-0.2, -0.15) is 0 Å². The van der Waals surface area contributed by atoms with Crippen LogP contribution >= 0.6 is 11.6 Å². The number of carbonyl (C=O) groups excluding carboxylic acids is 1. The van der Waals surface area contributed by atoms with Crippen LogP contribution in [-0.4, -0.2) is 11.9 Å². The molecule has 1 N–H and O–H groups in total. The van der Waals surface area contributed by atoms with Crippen LogP contribution in [-0.2, 0) is 11.2 Å². The minimum atomic E-state index is 0.176. The zero-order chi connectivity index (χ0) is 14.5. The summed E-state index contributed by atoms with van der Waals surface area (Å²) in [6, 6.07) is 5.51. The van der Waals surface area contributed by atoms with E-state index in [2.05, 4.69) is 6.92 Å². The van der Waals surface area contributed by atoms with Crippen LogP contribution in [0.25, 0.3) is 0 Å². The van der Waals surface area contributed by atoms with Crippen LogP contribution in [0.3, 0.4) is 0 Å². The van der Waals surface area contributed by atoms with E-state index in [1.165, 1.54) is 50.5 Å². The Kier molecular flexibility index (Phi) is 11.4. The molecule has 0 fully saturated rings. The molecule has 2 nitrogen and oxygen atoms in total. The molecule has 0 saturated carbocycles. The zero-order valence-corrected chi connectivity index (χ0v) is 12.6. The molecule has 1 rings (SSSR count). The fourth-order valence-electron chi connectivity index (χ4n) is 1.99. The number of hydrogen-bond donors (Lipinski definition) is 1. The minimum Gasteiger partial charge on any atom is -0.506 e. The number of benzene rings is 1. The van der Waals surface area contributed by atoms with Crippen molar-refractivity contribution in [1.82, 2.24) is 0 Å². The van der Waals surface area contributed by atoms with Gasteiger partial charge in [0, 0.05) is 0 Å². The van der Waals surface area contributed by atoms with Gasteiger partial charge in [-0.1, -0.05) is 63.1 Å².